The maximum Gasteiger partial charge on any atom is 0.163 e. The molecule has 3 N–H and O–H groups in total. The van der Waals surface area contributed by atoms with Crippen molar-refractivity contribution >= 4 is 34.8 Å². The molecule has 3 aromatic rings. The summed E-state index contributed by atoms with van der Waals surface area (Å²) in [6.45, 7) is 3.34. The molecule has 2 heterocycles. The Labute approximate surface area is 149 Å². The smallest absolute Gasteiger partial charge is 0.163 e. The highest BCUT2D eigenvalue weighted by Gasteiger charge is 2.09. The lowest BCUT2D eigenvalue weighted by Crippen LogP contribution is -2.15. The van der Waals surface area contributed by atoms with Gasteiger partial charge in [0.05, 0.1) is 11.2 Å². The zero-order valence-corrected chi connectivity index (χ0v) is 14.5. The van der Waals surface area contributed by atoms with Crippen molar-refractivity contribution in [1.82, 2.24) is 20.2 Å². The highest BCUT2D eigenvalue weighted by atomic mass is 35.5. The lowest BCUT2D eigenvalue weighted by molar-refractivity contribution is 1.01. The molecule has 0 fully saturated rings. The highest BCUT2D eigenvalue weighted by molar-refractivity contribution is 6.36. The number of aromatic amines is 1. The van der Waals surface area contributed by atoms with Gasteiger partial charge in [-0.2, -0.15) is 5.10 Å². The third-order valence-corrected chi connectivity index (χ3v) is 3.82. The molecule has 0 aliphatic carbocycles. The first-order valence-corrected chi connectivity index (χ1v) is 8.15. The summed E-state index contributed by atoms with van der Waals surface area (Å²) in [7, 11) is 0. The van der Waals surface area contributed by atoms with Gasteiger partial charge in [0, 0.05) is 35.4 Å². The second-order valence-corrected chi connectivity index (χ2v) is 6.01. The van der Waals surface area contributed by atoms with Crippen molar-refractivity contribution in [3.8, 4) is 11.4 Å². The molecule has 1 aromatic carbocycles. The molecular formula is C16H16Cl2N6. The van der Waals surface area contributed by atoms with Gasteiger partial charge in [-0.1, -0.05) is 23.2 Å². The lowest BCUT2D eigenvalue weighted by Gasteiger charge is -2.10. The number of hydrogen-bond donors (Lipinski definition) is 3. The fraction of sp³-hybridized carbons (Fsp3) is 0.188. The summed E-state index contributed by atoms with van der Waals surface area (Å²) in [5, 5.41) is 14.3. The first kappa shape index (κ1) is 16.5. The Bertz CT molecular complexity index is 819. The molecule has 124 valence electrons. The van der Waals surface area contributed by atoms with Crippen LogP contribution in [0.5, 0.6) is 0 Å². The zero-order chi connectivity index (χ0) is 16.9. The minimum absolute atomic E-state index is 0.528. The summed E-state index contributed by atoms with van der Waals surface area (Å²) >= 11 is 12.2. The molecule has 0 saturated carbocycles. The molecule has 0 radical (unpaired) electrons. The van der Waals surface area contributed by atoms with E-state index in [1.54, 1.807) is 18.3 Å². The number of aryl methyl sites for hydroxylation is 1. The third-order valence-electron chi connectivity index (χ3n) is 3.27. The first-order chi connectivity index (χ1) is 11.6. The van der Waals surface area contributed by atoms with Crippen molar-refractivity contribution in [1.29, 1.82) is 0 Å². The van der Waals surface area contributed by atoms with E-state index in [0.717, 1.165) is 29.4 Å². The molecule has 0 aliphatic heterocycles. The summed E-state index contributed by atoms with van der Waals surface area (Å²) in [5.74, 6) is 2.19. The Morgan fingerprint density at radius 2 is 1.88 bits per heavy atom. The molecule has 0 unspecified atom stereocenters. The third kappa shape index (κ3) is 4.15. The second-order valence-electron chi connectivity index (χ2n) is 5.17. The van der Waals surface area contributed by atoms with Gasteiger partial charge >= 0.3 is 0 Å². The van der Waals surface area contributed by atoms with Crippen LogP contribution in [0, 0.1) is 6.92 Å². The van der Waals surface area contributed by atoms with Crippen molar-refractivity contribution < 1.29 is 0 Å². The lowest BCUT2D eigenvalue weighted by atomic mass is 10.2. The van der Waals surface area contributed by atoms with E-state index in [1.165, 1.54) is 0 Å². The first-order valence-electron chi connectivity index (χ1n) is 7.40. The van der Waals surface area contributed by atoms with Crippen LogP contribution in [0.4, 0.5) is 11.6 Å². The number of aromatic nitrogens is 4. The molecule has 0 spiro atoms. The van der Waals surface area contributed by atoms with Crippen LogP contribution in [0.1, 0.15) is 5.69 Å². The summed E-state index contributed by atoms with van der Waals surface area (Å²) in [6, 6.07) is 9.05. The van der Waals surface area contributed by atoms with E-state index in [4.69, 9.17) is 23.2 Å². The predicted octanol–water partition coefficient (Wildman–Crippen LogP) is 4.01. The molecule has 8 heteroatoms. The Hall–Kier alpha value is -2.31. The van der Waals surface area contributed by atoms with Gasteiger partial charge in [0.15, 0.2) is 5.82 Å². The van der Waals surface area contributed by atoms with Gasteiger partial charge in [-0.15, -0.1) is 0 Å². The van der Waals surface area contributed by atoms with E-state index < -0.39 is 0 Å². The SMILES string of the molecule is Cc1cc(NCCNc2ccn[nH]2)nc(-c2ccc(Cl)cc2Cl)n1. The molecule has 6 nitrogen and oxygen atoms in total. The summed E-state index contributed by atoms with van der Waals surface area (Å²) in [5.41, 5.74) is 1.61. The number of nitrogens with one attached hydrogen (secondary N) is 3. The van der Waals surface area contributed by atoms with Crippen LogP contribution in [0.15, 0.2) is 36.5 Å². The quantitative estimate of drug-likeness (QED) is 0.577. The summed E-state index contributed by atoms with van der Waals surface area (Å²) in [6.07, 6.45) is 1.70. The Morgan fingerprint density at radius 1 is 1.04 bits per heavy atom. The van der Waals surface area contributed by atoms with E-state index in [1.807, 2.05) is 25.1 Å². The van der Waals surface area contributed by atoms with Gasteiger partial charge in [0.1, 0.15) is 11.6 Å². The number of anilines is 2. The number of nitrogens with zero attached hydrogens (tertiary/aromatic N) is 3. The monoisotopic (exact) mass is 362 g/mol. The van der Waals surface area contributed by atoms with Gasteiger partial charge in [-0.05, 0) is 31.2 Å². The Morgan fingerprint density at radius 3 is 2.62 bits per heavy atom. The van der Waals surface area contributed by atoms with Crippen LogP contribution in [0.25, 0.3) is 11.4 Å². The van der Waals surface area contributed by atoms with Crippen LogP contribution in [-0.4, -0.2) is 33.3 Å². The van der Waals surface area contributed by atoms with E-state index >= 15 is 0 Å². The summed E-state index contributed by atoms with van der Waals surface area (Å²) < 4.78 is 0. The van der Waals surface area contributed by atoms with Crippen molar-refractivity contribution in [2.75, 3.05) is 23.7 Å². The van der Waals surface area contributed by atoms with Crippen molar-refractivity contribution in [3.05, 3.63) is 52.3 Å². The van der Waals surface area contributed by atoms with Crippen molar-refractivity contribution in [3.63, 3.8) is 0 Å². The maximum atomic E-state index is 6.25. The molecule has 24 heavy (non-hydrogen) atoms. The number of rotatable bonds is 6. The van der Waals surface area contributed by atoms with Crippen LogP contribution >= 0.6 is 23.2 Å². The second kappa shape index (κ2) is 7.51. The van der Waals surface area contributed by atoms with Crippen molar-refractivity contribution in [2.45, 2.75) is 6.92 Å². The highest BCUT2D eigenvalue weighted by Crippen LogP contribution is 2.28. The van der Waals surface area contributed by atoms with Gasteiger partial charge in [-0.25, -0.2) is 9.97 Å². The fourth-order valence-electron chi connectivity index (χ4n) is 2.19. The normalized spacial score (nSPS) is 10.6. The molecule has 0 atom stereocenters. The van der Waals surface area contributed by atoms with E-state index in [-0.39, 0.29) is 0 Å². The van der Waals surface area contributed by atoms with Crippen molar-refractivity contribution in [2.24, 2.45) is 0 Å². The van der Waals surface area contributed by atoms with E-state index in [9.17, 15) is 0 Å². The molecular weight excluding hydrogens is 347 g/mol. The van der Waals surface area contributed by atoms with Gasteiger partial charge < -0.3 is 10.6 Å². The van der Waals surface area contributed by atoms with Crippen LogP contribution in [0.3, 0.4) is 0 Å². The maximum absolute atomic E-state index is 6.25. The molecule has 0 amide bonds. The van der Waals surface area contributed by atoms with Gasteiger partial charge in [0.2, 0.25) is 0 Å². The van der Waals surface area contributed by atoms with Crippen LogP contribution in [0.2, 0.25) is 10.0 Å². The zero-order valence-electron chi connectivity index (χ0n) is 13.0. The molecule has 2 aromatic heterocycles. The Balaban J connectivity index is 1.69. The number of hydrogen-bond acceptors (Lipinski definition) is 5. The predicted molar refractivity (Wildman–Crippen MR) is 97.8 cm³/mol. The van der Waals surface area contributed by atoms with Crippen LogP contribution < -0.4 is 10.6 Å². The average Bonchev–Trinajstić information content (AvgIpc) is 3.04. The number of H-pyrrole nitrogens is 1. The molecule has 0 aliphatic rings. The van der Waals surface area contributed by atoms with Gasteiger partial charge in [-0.3, -0.25) is 5.10 Å². The van der Waals surface area contributed by atoms with E-state index in [0.29, 0.717) is 22.4 Å². The van der Waals surface area contributed by atoms with Gasteiger partial charge in [0.25, 0.3) is 0 Å². The molecule has 0 saturated heterocycles. The minimum atomic E-state index is 0.528. The Kier molecular flexibility index (Phi) is 5.17. The topological polar surface area (TPSA) is 78.5 Å². The summed E-state index contributed by atoms with van der Waals surface area (Å²) in [4.78, 5) is 8.99. The molecule has 0 bridgehead atoms. The number of halogens is 2. The van der Waals surface area contributed by atoms with Crippen LogP contribution in [-0.2, 0) is 0 Å². The fourth-order valence-corrected chi connectivity index (χ4v) is 2.69. The average molecular weight is 363 g/mol. The standard InChI is InChI=1S/C16H16Cl2N6/c1-10-8-15(20-7-6-19-14-4-5-21-24-14)23-16(22-10)12-3-2-11(17)9-13(12)18/h2-5,8-9H,6-7H2,1H3,(H2,19,21,24)(H,20,22,23). The van der Waals surface area contributed by atoms with E-state index in [2.05, 4.69) is 30.8 Å². The number of benzene rings is 1. The minimum Gasteiger partial charge on any atom is -0.369 e. The largest absolute Gasteiger partial charge is 0.369 e. The molecule has 3 rings (SSSR count).